The average molecular weight is 715 g/mol. The lowest BCUT2D eigenvalue weighted by Crippen LogP contribution is -2.52. The summed E-state index contributed by atoms with van der Waals surface area (Å²) >= 11 is 6.42. The van der Waals surface area contributed by atoms with Gasteiger partial charge in [0.1, 0.15) is 5.75 Å². The Labute approximate surface area is 294 Å². The van der Waals surface area contributed by atoms with E-state index in [1.807, 2.05) is 29.0 Å². The van der Waals surface area contributed by atoms with Crippen LogP contribution in [-0.4, -0.2) is 93.1 Å². The molecule has 2 aliphatic heterocycles. The maximum atomic E-state index is 13.8. The standard InChI is InChI=1S/C36H47ClN4O7S/c1-39(2)49(46,47)38-34(44)36(45)20-33(43)40(3)17-6-4-5-9-31(42)28-13-10-25(28)21-41-22-35(23-48-32-15-11-26(36)19-30(32)41)16-7-8-24-18-27(37)12-14-29(24)35/h5,9,11-12,14-15,18-19,25,28,31,42,45H,4,6-8,10,13,16-17,20-23H2,1-3H3,(H,38,44)/b9-5-/t25-,28+,31-,35-,36+/m0/s1. The van der Waals surface area contributed by atoms with Gasteiger partial charge >= 0.3 is 10.2 Å². The van der Waals surface area contributed by atoms with Crippen LogP contribution in [0.1, 0.15) is 61.6 Å². The van der Waals surface area contributed by atoms with Crippen molar-refractivity contribution in [1.29, 1.82) is 0 Å². The molecule has 1 fully saturated rings. The van der Waals surface area contributed by atoms with Crippen LogP contribution < -0.4 is 14.4 Å². The molecule has 1 saturated carbocycles. The van der Waals surface area contributed by atoms with Crippen molar-refractivity contribution in [2.45, 2.75) is 68.5 Å². The van der Waals surface area contributed by atoms with E-state index in [1.165, 1.54) is 36.2 Å². The highest BCUT2D eigenvalue weighted by molar-refractivity contribution is 7.87. The number of aryl methyl sites for hydroxylation is 1. The zero-order valence-electron chi connectivity index (χ0n) is 28.4. The summed E-state index contributed by atoms with van der Waals surface area (Å²) in [5.74, 6) is -0.940. The van der Waals surface area contributed by atoms with Crippen LogP contribution in [0.3, 0.4) is 0 Å². The second-order valence-corrected chi connectivity index (χ2v) is 16.7. The number of allylic oxidation sites excluding steroid dienone is 1. The summed E-state index contributed by atoms with van der Waals surface area (Å²) in [5, 5.41) is 24.1. The highest BCUT2D eigenvalue weighted by Crippen LogP contribution is 2.47. The molecule has 0 radical (unpaired) electrons. The molecule has 13 heteroatoms. The van der Waals surface area contributed by atoms with Crippen molar-refractivity contribution in [1.82, 2.24) is 13.9 Å². The van der Waals surface area contributed by atoms with Crippen molar-refractivity contribution < 1.29 is 33.0 Å². The number of aliphatic hydroxyl groups is 2. The predicted molar refractivity (Wildman–Crippen MR) is 188 cm³/mol. The number of aliphatic hydroxyl groups excluding tert-OH is 1. The van der Waals surface area contributed by atoms with Crippen LogP contribution in [0.2, 0.25) is 5.02 Å². The molecule has 4 aliphatic rings. The number of carbonyl (C=O) groups is 2. The van der Waals surface area contributed by atoms with Crippen LogP contribution in [0.15, 0.2) is 48.6 Å². The molecule has 0 unspecified atom stereocenters. The van der Waals surface area contributed by atoms with Gasteiger partial charge in [0.25, 0.3) is 5.91 Å². The van der Waals surface area contributed by atoms with E-state index < -0.39 is 40.1 Å². The fraction of sp³-hybridized carbons (Fsp3) is 0.556. The number of hydrogen-bond acceptors (Lipinski definition) is 8. The van der Waals surface area contributed by atoms with Crippen LogP contribution in [0.25, 0.3) is 0 Å². The minimum atomic E-state index is -4.29. The number of carbonyl (C=O) groups excluding carboxylic acids is 2. The van der Waals surface area contributed by atoms with E-state index in [0.717, 1.165) is 36.4 Å². The first kappa shape index (κ1) is 35.7. The Kier molecular flexibility index (Phi) is 10.1. The Balaban J connectivity index is 1.47. The summed E-state index contributed by atoms with van der Waals surface area (Å²) in [5.41, 5.74) is 0.202. The molecule has 2 bridgehead atoms. The second kappa shape index (κ2) is 13.9. The van der Waals surface area contributed by atoms with E-state index in [1.54, 1.807) is 19.2 Å². The smallest absolute Gasteiger partial charge is 0.303 e. The first-order valence-corrected chi connectivity index (χ1v) is 18.9. The minimum absolute atomic E-state index is 0.0688. The molecule has 49 heavy (non-hydrogen) atoms. The number of fused-ring (bicyclic) bond motifs is 4. The third kappa shape index (κ3) is 7.08. The van der Waals surface area contributed by atoms with Crippen LogP contribution in [0.5, 0.6) is 5.75 Å². The molecule has 2 amide bonds. The van der Waals surface area contributed by atoms with E-state index in [0.29, 0.717) is 55.5 Å². The average Bonchev–Trinajstić information content (AvgIpc) is 3.18. The molecular formula is C36H47ClN4O7S. The molecule has 2 aromatic rings. The SMILES string of the molecule is CN1CCC/C=C\[C@H](O)[C@@H]2CC[C@H]2CN2C[C@@]3(CCCc4cc(Cl)ccc43)COc3ccc(cc32)[C@@](O)(C(=O)NS(=O)(=O)N(C)C)CC1=O. The fourth-order valence-electron chi connectivity index (χ4n) is 7.83. The normalized spacial score (nSPS) is 29.9. The van der Waals surface area contributed by atoms with Gasteiger partial charge in [0.05, 0.1) is 24.8 Å². The van der Waals surface area contributed by atoms with Crippen molar-refractivity contribution in [2.75, 3.05) is 52.3 Å². The number of nitrogens with zero attached hydrogens (tertiary/aromatic N) is 3. The van der Waals surface area contributed by atoms with Gasteiger partial charge in [-0.1, -0.05) is 35.9 Å². The molecule has 1 spiro atoms. The van der Waals surface area contributed by atoms with Crippen molar-refractivity contribution in [2.24, 2.45) is 11.8 Å². The number of nitrogens with one attached hydrogen (secondary N) is 1. The molecule has 3 N–H and O–H groups in total. The van der Waals surface area contributed by atoms with E-state index in [4.69, 9.17) is 16.3 Å². The highest BCUT2D eigenvalue weighted by atomic mass is 35.5. The van der Waals surface area contributed by atoms with Gasteiger partial charge in [0.15, 0.2) is 5.60 Å². The maximum absolute atomic E-state index is 13.8. The van der Waals surface area contributed by atoms with Gasteiger partial charge in [0, 0.05) is 51.2 Å². The van der Waals surface area contributed by atoms with E-state index in [2.05, 4.69) is 11.0 Å². The number of hydrogen-bond donors (Lipinski definition) is 3. The number of halogens is 1. The van der Waals surface area contributed by atoms with Gasteiger partial charge in [-0.2, -0.15) is 12.7 Å². The molecule has 0 saturated heterocycles. The largest absolute Gasteiger partial charge is 0.490 e. The molecule has 6 rings (SSSR count). The lowest BCUT2D eigenvalue weighted by Gasteiger charge is -2.45. The van der Waals surface area contributed by atoms with Gasteiger partial charge in [-0.05, 0) is 97.7 Å². The Morgan fingerprint density at radius 3 is 2.67 bits per heavy atom. The number of amides is 2. The topological polar surface area (TPSA) is 140 Å². The van der Waals surface area contributed by atoms with E-state index in [9.17, 15) is 28.2 Å². The highest BCUT2D eigenvalue weighted by Gasteiger charge is 2.47. The van der Waals surface area contributed by atoms with Crippen molar-refractivity contribution in [3.63, 3.8) is 0 Å². The van der Waals surface area contributed by atoms with E-state index >= 15 is 0 Å². The third-order valence-corrected chi connectivity index (χ3v) is 12.6. The molecule has 0 aromatic heterocycles. The van der Waals surface area contributed by atoms with Gasteiger partial charge in [0.2, 0.25) is 5.91 Å². The lowest BCUT2D eigenvalue weighted by atomic mass is 9.68. The molecule has 5 atom stereocenters. The summed E-state index contributed by atoms with van der Waals surface area (Å²) in [6.07, 6.45) is 8.39. The molecule has 2 aromatic carbocycles. The van der Waals surface area contributed by atoms with Crippen LogP contribution in [0, 0.1) is 11.8 Å². The lowest BCUT2D eigenvalue weighted by molar-refractivity contribution is -0.148. The molecule has 2 aliphatic carbocycles. The zero-order valence-corrected chi connectivity index (χ0v) is 30.0. The quantitative estimate of drug-likeness (QED) is 0.411. The first-order chi connectivity index (χ1) is 23.2. The number of anilines is 1. The third-order valence-electron chi connectivity index (χ3n) is 11.0. The zero-order chi connectivity index (χ0) is 35.1. The van der Waals surface area contributed by atoms with Crippen LogP contribution in [-0.2, 0) is 37.2 Å². The number of ether oxygens (including phenoxy) is 1. The van der Waals surface area contributed by atoms with Gasteiger partial charge in [-0.15, -0.1) is 0 Å². The molecule has 2 heterocycles. The maximum Gasteiger partial charge on any atom is 0.303 e. The van der Waals surface area contributed by atoms with Crippen molar-refractivity contribution >= 4 is 39.3 Å². The van der Waals surface area contributed by atoms with Crippen molar-refractivity contribution in [3.8, 4) is 5.75 Å². The Morgan fingerprint density at radius 2 is 1.94 bits per heavy atom. The van der Waals surface area contributed by atoms with Crippen molar-refractivity contribution in [3.05, 3.63) is 70.3 Å². The summed E-state index contributed by atoms with van der Waals surface area (Å²) in [6.45, 7) is 1.93. The summed E-state index contributed by atoms with van der Waals surface area (Å²) < 4.78 is 35.0. The molecular weight excluding hydrogens is 668 g/mol. The Morgan fingerprint density at radius 1 is 1.14 bits per heavy atom. The van der Waals surface area contributed by atoms with E-state index in [-0.39, 0.29) is 22.8 Å². The minimum Gasteiger partial charge on any atom is -0.490 e. The predicted octanol–water partition coefficient (Wildman–Crippen LogP) is 3.51. The fourth-order valence-corrected chi connectivity index (χ4v) is 8.62. The first-order valence-electron chi connectivity index (χ1n) is 17.1. The second-order valence-electron chi connectivity index (χ2n) is 14.4. The summed E-state index contributed by atoms with van der Waals surface area (Å²) in [7, 11) is -0.166. The Hall–Kier alpha value is -3.16. The Bertz CT molecular complexity index is 1740. The monoisotopic (exact) mass is 714 g/mol. The van der Waals surface area contributed by atoms with Crippen LogP contribution >= 0.6 is 11.6 Å². The molecule has 11 nitrogen and oxygen atoms in total. The van der Waals surface area contributed by atoms with Gasteiger partial charge < -0.3 is 24.7 Å². The van der Waals surface area contributed by atoms with Crippen LogP contribution in [0.4, 0.5) is 5.69 Å². The number of benzene rings is 2. The summed E-state index contributed by atoms with van der Waals surface area (Å²) in [6, 6.07) is 10.9. The molecule has 266 valence electrons. The van der Waals surface area contributed by atoms with Gasteiger partial charge in [-0.3, -0.25) is 9.59 Å². The summed E-state index contributed by atoms with van der Waals surface area (Å²) in [4.78, 5) is 31.0. The van der Waals surface area contributed by atoms with Gasteiger partial charge in [-0.25, -0.2) is 4.72 Å². The number of rotatable bonds is 3.